The van der Waals surface area contributed by atoms with Crippen LogP contribution in [0.25, 0.3) is 6.08 Å². The van der Waals surface area contributed by atoms with Gasteiger partial charge < -0.3 is 15.0 Å². The van der Waals surface area contributed by atoms with Crippen molar-refractivity contribution in [1.29, 1.82) is 0 Å². The molecule has 20 heavy (non-hydrogen) atoms. The first-order chi connectivity index (χ1) is 9.23. The maximum atomic E-state index is 5.90. The lowest BCUT2D eigenvalue weighted by molar-refractivity contribution is 0.00578. The van der Waals surface area contributed by atoms with Crippen LogP contribution in [0.15, 0.2) is 18.1 Å². The van der Waals surface area contributed by atoms with Gasteiger partial charge in [0, 0.05) is 11.4 Å². The molecule has 0 bridgehead atoms. The van der Waals surface area contributed by atoms with Crippen LogP contribution in [0.3, 0.4) is 0 Å². The van der Waals surface area contributed by atoms with Crippen molar-refractivity contribution in [2.45, 2.75) is 52.2 Å². The van der Waals surface area contributed by atoms with Crippen molar-refractivity contribution in [2.75, 3.05) is 5.73 Å². The molecule has 1 aliphatic rings. The summed E-state index contributed by atoms with van der Waals surface area (Å²) in [5, 5.41) is 0. The molecule has 1 fully saturated rings. The Morgan fingerprint density at radius 3 is 2.35 bits per heavy atom. The van der Waals surface area contributed by atoms with Crippen molar-refractivity contribution in [3.63, 3.8) is 0 Å². The first-order valence-electron chi connectivity index (χ1n) is 7.04. The normalized spacial score (nSPS) is 20.8. The molecule has 2 heterocycles. The lowest BCUT2D eigenvalue weighted by Crippen LogP contribution is -2.41. The van der Waals surface area contributed by atoms with E-state index in [-0.39, 0.29) is 18.3 Å². The van der Waals surface area contributed by atoms with Crippen molar-refractivity contribution in [3.05, 3.63) is 29.5 Å². The predicted molar refractivity (Wildman–Crippen MR) is 83.1 cm³/mol. The molecule has 0 unspecified atom stereocenters. The number of aryl methyl sites for hydroxylation is 1. The fraction of sp³-hybridized carbons (Fsp3) is 0.533. The zero-order valence-corrected chi connectivity index (χ0v) is 12.9. The topological polar surface area (TPSA) is 57.4 Å². The van der Waals surface area contributed by atoms with Gasteiger partial charge in [-0.3, -0.25) is 4.98 Å². The summed E-state index contributed by atoms with van der Waals surface area (Å²) < 4.78 is 11.8. The van der Waals surface area contributed by atoms with E-state index < -0.39 is 0 Å². The summed E-state index contributed by atoms with van der Waals surface area (Å²) in [5.41, 5.74) is 7.77. The van der Waals surface area contributed by atoms with E-state index in [4.69, 9.17) is 15.0 Å². The summed E-state index contributed by atoms with van der Waals surface area (Å²) in [6.07, 6.45) is 2.76. The maximum Gasteiger partial charge on any atom is 0.487 e. The van der Waals surface area contributed by atoms with Crippen LogP contribution in [-0.4, -0.2) is 23.3 Å². The molecule has 108 valence electrons. The third-order valence-corrected chi connectivity index (χ3v) is 3.98. The molecule has 5 heteroatoms. The molecular formula is C15H23BN2O2. The van der Waals surface area contributed by atoms with Gasteiger partial charge in [-0.1, -0.05) is 12.9 Å². The first-order valence-corrected chi connectivity index (χ1v) is 7.04. The highest BCUT2D eigenvalue weighted by atomic mass is 16.7. The van der Waals surface area contributed by atoms with Crippen LogP contribution in [0.2, 0.25) is 0 Å². The quantitative estimate of drug-likeness (QED) is 0.861. The molecule has 1 aromatic heterocycles. The van der Waals surface area contributed by atoms with E-state index in [0.717, 1.165) is 23.5 Å². The van der Waals surface area contributed by atoms with Gasteiger partial charge in [-0.25, -0.2) is 0 Å². The summed E-state index contributed by atoms with van der Waals surface area (Å²) in [4.78, 5) is 4.51. The van der Waals surface area contributed by atoms with Crippen molar-refractivity contribution < 1.29 is 9.31 Å². The third kappa shape index (κ3) is 3.05. The van der Waals surface area contributed by atoms with E-state index >= 15 is 0 Å². The summed E-state index contributed by atoms with van der Waals surface area (Å²) in [6.45, 7) is 10.2. The molecule has 1 aliphatic heterocycles. The molecule has 0 atom stereocenters. The van der Waals surface area contributed by atoms with Crippen molar-refractivity contribution in [3.8, 4) is 0 Å². The van der Waals surface area contributed by atoms with E-state index in [0.29, 0.717) is 0 Å². The highest BCUT2D eigenvalue weighted by molar-refractivity contribution is 6.52. The summed E-state index contributed by atoms with van der Waals surface area (Å²) >= 11 is 0. The zero-order valence-electron chi connectivity index (χ0n) is 12.9. The first kappa shape index (κ1) is 15.1. The minimum atomic E-state index is -0.353. The summed E-state index contributed by atoms with van der Waals surface area (Å²) in [7, 11) is -0.353. The van der Waals surface area contributed by atoms with Gasteiger partial charge >= 0.3 is 7.12 Å². The number of nitrogen functional groups attached to an aromatic ring is 1. The number of nitrogens with two attached hydrogens (primary N) is 1. The Labute approximate surface area is 121 Å². The van der Waals surface area contributed by atoms with Crippen LogP contribution in [0, 0.1) is 0 Å². The molecule has 0 aliphatic carbocycles. The van der Waals surface area contributed by atoms with Gasteiger partial charge in [-0.15, -0.1) is 0 Å². The van der Waals surface area contributed by atoms with Crippen LogP contribution in [0.1, 0.15) is 46.0 Å². The Bertz CT molecular complexity index is 511. The van der Waals surface area contributed by atoms with Gasteiger partial charge in [-0.05, 0) is 52.3 Å². The molecule has 2 rings (SSSR count). The van der Waals surface area contributed by atoms with Crippen molar-refractivity contribution in [1.82, 2.24) is 4.98 Å². The van der Waals surface area contributed by atoms with Crippen LogP contribution in [0.5, 0.6) is 0 Å². The van der Waals surface area contributed by atoms with Gasteiger partial charge in [0.1, 0.15) is 0 Å². The minimum Gasteiger partial charge on any atom is -0.400 e. The van der Waals surface area contributed by atoms with Gasteiger partial charge in [0.05, 0.1) is 16.9 Å². The number of hydrogen-bond donors (Lipinski definition) is 1. The van der Waals surface area contributed by atoms with Crippen LogP contribution >= 0.6 is 0 Å². The second kappa shape index (κ2) is 5.22. The highest BCUT2D eigenvalue weighted by Gasteiger charge is 2.49. The van der Waals surface area contributed by atoms with E-state index in [1.54, 1.807) is 0 Å². The number of rotatable bonds is 3. The number of pyridine rings is 1. The molecule has 2 N–H and O–H groups in total. The van der Waals surface area contributed by atoms with E-state index in [1.807, 2.05) is 51.9 Å². The van der Waals surface area contributed by atoms with Crippen molar-refractivity contribution >= 4 is 18.9 Å². The Balaban J connectivity index is 2.13. The number of aromatic nitrogens is 1. The molecule has 0 spiro atoms. The zero-order chi connectivity index (χ0) is 15.0. The Kier molecular flexibility index (Phi) is 3.94. The second-order valence-electron chi connectivity index (χ2n) is 6.15. The largest absolute Gasteiger partial charge is 0.487 e. The Hall–Kier alpha value is -1.33. The fourth-order valence-corrected chi connectivity index (χ4v) is 2.05. The lowest BCUT2D eigenvalue weighted by Gasteiger charge is -2.32. The molecule has 4 nitrogen and oxygen atoms in total. The molecule has 0 amide bonds. The lowest BCUT2D eigenvalue weighted by atomic mass is 9.89. The monoisotopic (exact) mass is 274 g/mol. The molecular weight excluding hydrogens is 251 g/mol. The minimum absolute atomic E-state index is 0.320. The molecule has 1 aromatic rings. The number of anilines is 1. The molecule has 1 saturated heterocycles. The molecule has 0 saturated carbocycles. The van der Waals surface area contributed by atoms with Crippen LogP contribution < -0.4 is 5.73 Å². The number of hydrogen-bond acceptors (Lipinski definition) is 4. The van der Waals surface area contributed by atoms with Crippen LogP contribution in [0.4, 0.5) is 5.69 Å². The SMILES string of the molecule is CCc1cc(N)cc(/C=C/B2OC(C)(C)C(C)(C)O2)n1. The van der Waals surface area contributed by atoms with Gasteiger partial charge in [0.15, 0.2) is 0 Å². The number of nitrogens with zero attached hydrogens (tertiary/aromatic N) is 1. The van der Waals surface area contributed by atoms with Crippen LogP contribution in [-0.2, 0) is 15.7 Å². The van der Waals surface area contributed by atoms with E-state index in [2.05, 4.69) is 11.9 Å². The third-order valence-electron chi connectivity index (χ3n) is 3.98. The Morgan fingerprint density at radius 1 is 1.20 bits per heavy atom. The van der Waals surface area contributed by atoms with E-state index in [1.165, 1.54) is 0 Å². The fourth-order valence-electron chi connectivity index (χ4n) is 2.05. The van der Waals surface area contributed by atoms with Gasteiger partial charge in [0.2, 0.25) is 0 Å². The maximum absolute atomic E-state index is 5.90. The van der Waals surface area contributed by atoms with E-state index in [9.17, 15) is 0 Å². The molecule has 0 radical (unpaired) electrons. The average molecular weight is 274 g/mol. The molecule has 0 aromatic carbocycles. The van der Waals surface area contributed by atoms with Gasteiger partial charge in [0.25, 0.3) is 0 Å². The average Bonchev–Trinajstić information content (AvgIpc) is 2.54. The second-order valence-corrected chi connectivity index (χ2v) is 6.15. The highest BCUT2D eigenvalue weighted by Crippen LogP contribution is 2.36. The summed E-state index contributed by atoms with van der Waals surface area (Å²) in [6, 6.07) is 3.74. The predicted octanol–water partition coefficient (Wildman–Crippen LogP) is 2.87. The van der Waals surface area contributed by atoms with Crippen molar-refractivity contribution in [2.24, 2.45) is 0 Å². The smallest absolute Gasteiger partial charge is 0.400 e. The standard InChI is InChI=1S/C15H23BN2O2/c1-6-12-9-11(17)10-13(18-12)7-8-16-19-14(2,3)15(4,5)20-16/h7-10H,6H2,1-5H3,(H2,17,18)/b8-7+. The Morgan fingerprint density at radius 2 is 1.80 bits per heavy atom. The van der Waals surface area contributed by atoms with Gasteiger partial charge in [-0.2, -0.15) is 0 Å². The summed E-state index contributed by atoms with van der Waals surface area (Å²) in [5.74, 6) is 1.89.